The minimum absolute atomic E-state index is 0.0168. The molecule has 0 amide bonds. The fourth-order valence-electron chi connectivity index (χ4n) is 13.1. The van der Waals surface area contributed by atoms with E-state index in [1.54, 1.807) is 86.6 Å². The Balaban J connectivity index is 1.97. The van der Waals surface area contributed by atoms with Crippen LogP contribution in [0.1, 0.15) is 149 Å². The zero-order valence-corrected chi connectivity index (χ0v) is 54.6. The van der Waals surface area contributed by atoms with Gasteiger partial charge in [0.15, 0.2) is 23.0 Å². The summed E-state index contributed by atoms with van der Waals surface area (Å²) in [6.07, 6.45) is -1.59. The van der Waals surface area contributed by atoms with Crippen LogP contribution in [0.2, 0.25) is 33.2 Å². The maximum atomic E-state index is 14.7. The first-order valence-electron chi connectivity index (χ1n) is 28.7. The SMILES string of the molecule is COC(=O)c1c(O)c(-c2c(O)c(C(=O)OC)c(OC)c3c(O[Si](C(C)C)(C(C)C)C(C)C)c(OC)c(C[C@@H](C)OC(=O)c4ccccc4)cc23)c2cc(C[C@@H](C)OC(=O)c3ccccc3)c(OC)c(O[Si](C(C)C)(C(C)C)C(C)C)c2c1OC. The molecular weight excluding hydrogens is 1100 g/mol. The van der Waals surface area contributed by atoms with Gasteiger partial charge in [-0.1, -0.05) is 119 Å². The van der Waals surface area contributed by atoms with E-state index in [-0.39, 0.29) is 113 Å². The van der Waals surface area contributed by atoms with Gasteiger partial charge in [0.2, 0.25) is 0 Å². The molecule has 0 radical (unpaired) electrons. The number of fused-ring (bicyclic) bond motifs is 2. The van der Waals surface area contributed by atoms with Crippen molar-refractivity contribution in [2.45, 2.75) is 155 Å². The van der Waals surface area contributed by atoms with Gasteiger partial charge in [0.1, 0.15) is 46.3 Å². The Kier molecular flexibility index (Phi) is 21.2. The molecule has 0 fully saturated rings. The highest BCUT2D eigenvalue weighted by molar-refractivity contribution is 6.79. The number of esters is 4. The van der Waals surface area contributed by atoms with Crippen LogP contribution < -0.4 is 27.8 Å². The molecule has 2 atom stereocenters. The minimum atomic E-state index is -3.08. The Labute approximate surface area is 497 Å². The van der Waals surface area contributed by atoms with Gasteiger partial charge >= 0.3 is 23.9 Å². The average Bonchev–Trinajstić information content (AvgIpc) is 0.853. The molecule has 2 N–H and O–H groups in total. The highest BCUT2D eigenvalue weighted by Crippen LogP contribution is 2.61. The third-order valence-corrected chi connectivity index (χ3v) is 28.4. The maximum absolute atomic E-state index is 14.7. The van der Waals surface area contributed by atoms with Crippen LogP contribution in [-0.2, 0) is 31.8 Å². The standard InChI is InChI=1S/C66H86O16Si2/c1-35(2)83(36(3)4,37(5)6)81-61-51-47(33-45(57(61)73-15)31-41(13)79-63(69)43-27-23-21-24-28-43)49(55(67)53(59(51)75-17)65(71)77-19)50-48-34-46(32-42(14)80-64(70)44-29-25-22-26-30-44)58(74-16)62(82-84(38(7)8,39(9)10)40(11)12)52(48)60(76-18)54(56(50)68)66(72)78-20/h21-30,33-42,67-68H,31-32H2,1-20H3/t41-,42-/m1/s1. The van der Waals surface area contributed by atoms with E-state index in [1.807, 2.05) is 0 Å². The Bertz CT molecular complexity index is 3100. The van der Waals surface area contributed by atoms with E-state index in [1.165, 1.54) is 28.4 Å². The van der Waals surface area contributed by atoms with Crippen molar-refractivity contribution < 1.29 is 76.1 Å². The van der Waals surface area contributed by atoms with Gasteiger partial charge in [-0.25, -0.2) is 19.2 Å². The number of methoxy groups -OCH3 is 6. The summed E-state index contributed by atoms with van der Waals surface area (Å²) in [6.45, 7) is 28.9. The number of carbonyl (C=O) groups is 4. The summed E-state index contributed by atoms with van der Waals surface area (Å²) >= 11 is 0. The van der Waals surface area contributed by atoms with Crippen LogP contribution in [-0.4, -0.2) is 106 Å². The summed E-state index contributed by atoms with van der Waals surface area (Å²) in [5.74, 6) is -4.11. The smallest absolute Gasteiger partial charge is 0.345 e. The zero-order chi connectivity index (χ0) is 62.4. The molecule has 6 rings (SSSR count). The van der Waals surface area contributed by atoms with Crippen molar-refractivity contribution in [3.63, 3.8) is 0 Å². The number of ether oxygens (including phenoxy) is 8. The van der Waals surface area contributed by atoms with Crippen LogP contribution in [0.4, 0.5) is 0 Å². The quantitative estimate of drug-likeness (QED) is 0.0311. The summed E-state index contributed by atoms with van der Waals surface area (Å²) in [5.41, 5.74) is 0.176. The molecule has 0 aromatic heterocycles. The molecule has 16 nitrogen and oxygen atoms in total. The molecule has 0 aliphatic rings. The van der Waals surface area contributed by atoms with Crippen LogP contribution in [0.3, 0.4) is 0 Å². The van der Waals surface area contributed by atoms with Crippen molar-refractivity contribution in [2.75, 3.05) is 42.7 Å². The lowest BCUT2D eigenvalue weighted by atomic mass is 9.85. The van der Waals surface area contributed by atoms with Gasteiger partial charge in [0.25, 0.3) is 16.6 Å². The van der Waals surface area contributed by atoms with Gasteiger partial charge in [-0.3, -0.25) is 0 Å². The lowest BCUT2D eigenvalue weighted by Gasteiger charge is -2.43. The molecule has 6 aromatic carbocycles. The maximum Gasteiger partial charge on any atom is 0.345 e. The van der Waals surface area contributed by atoms with Gasteiger partial charge in [-0.15, -0.1) is 0 Å². The summed E-state index contributed by atoms with van der Waals surface area (Å²) < 4.78 is 64.0. The lowest BCUT2D eigenvalue weighted by Crippen LogP contribution is -2.50. The van der Waals surface area contributed by atoms with E-state index in [0.29, 0.717) is 22.3 Å². The molecule has 0 saturated carbocycles. The third-order valence-electron chi connectivity index (χ3n) is 16.5. The summed E-state index contributed by atoms with van der Waals surface area (Å²) in [5, 5.41) is 27.4. The second-order valence-corrected chi connectivity index (χ2v) is 34.1. The van der Waals surface area contributed by atoms with Crippen molar-refractivity contribution in [3.8, 4) is 57.1 Å². The topological polar surface area (TPSA) is 201 Å². The number of carbonyl (C=O) groups excluding carboxylic acids is 4. The second kappa shape index (κ2) is 27.1. The molecule has 0 aliphatic heterocycles. The Morgan fingerprint density at radius 3 is 0.940 bits per heavy atom. The van der Waals surface area contributed by atoms with Gasteiger partial charge in [0.05, 0.1) is 64.6 Å². The van der Waals surface area contributed by atoms with Crippen LogP contribution in [0.5, 0.6) is 46.0 Å². The number of hydrogen-bond donors (Lipinski definition) is 2. The van der Waals surface area contributed by atoms with Crippen LogP contribution >= 0.6 is 0 Å². The third kappa shape index (κ3) is 12.1. The van der Waals surface area contributed by atoms with Crippen molar-refractivity contribution in [1.29, 1.82) is 0 Å². The number of rotatable bonds is 25. The van der Waals surface area contributed by atoms with E-state index in [9.17, 15) is 29.4 Å². The molecule has 84 heavy (non-hydrogen) atoms. The van der Waals surface area contributed by atoms with Crippen molar-refractivity contribution in [2.24, 2.45) is 0 Å². The molecule has 0 saturated heterocycles. The monoisotopic (exact) mass is 1190 g/mol. The zero-order valence-electron chi connectivity index (χ0n) is 52.6. The fraction of sp³-hybridized carbons (Fsp3) is 0.455. The number of phenolic OH excluding ortho intramolecular Hbond substituents is 2. The van der Waals surface area contributed by atoms with Crippen LogP contribution in [0, 0.1) is 0 Å². The van der Waals surface area contributed by atoms with E-state index in [4.69, 9.17) is 46.7 Å². The van der Waals surface area contributed by atoms with E-state index >= 15 is 0 Å². The molecule has 0 bridgehead atoms. The van der Waals surface area contributed by atoms with E-state index < -0.39 is 75.3 Å². The second-order valence-electron chi connectivity index (χ2n) is 23.3. The molecule has 0 aliphatic carbocycles. The minimum Gasteiger partial charge on any atom is -0.540 e. The first-order valence-corrected chi connectivity index (χ1v) is 33.0. The molecule has 0 unspecified atom stereocenters. The first-order chi connectivity index (χ1) is 39.7. The molecule has 0 heterocycles. The van der Waals surface area contributed by atoms with Gasteiger partial charge in [-0.05, 0) is 83.5 Å². The van der Waals surface area contributed by atoms with Crippen molar-refractivity contribution >= 4 is 62.1 Å². The Morgan fingerprint density at radius 1 is 0.405 bits per heavy atom. The molecule has 454 valence electrons. The van der Waals surface area contributed by atoms with Gasteiger partial charge in [-0.2, -0.15) is 0 Å². The highest BCUT2D eigenvalue weighted by atomic mass is 28.4. The van der Waals surface area contributed by atoms with Gasteiger partial charge < -0.3 is 57.0 Å². The van der Waals surface area contributed by atoms with Crippen molar-refractivity contribution in [1.82, 2.24) is 0 Å². The van der Waals surface area contributed by atoms with Crippen LogP contribution in [0.15, 0.2) is 72.8 Å². The van der Waals surface area contributed by atoms with Crippen molar-refractivity contribution in [3.05, 3.63) is 106 Å². The van der Waals surface area contributed by atoms with Crippen LogP contribution in [0.25, 0.3) is 32.7 Å². The number of benzene rings is 6. The normalized spacial score (nSPS) is 12.7. The summed E-state index contributed by atoms with van der Waals surface area (Å²) in [7, 11) is 1.86. The highest BCUT2D eigenvalue weighted by Gasteiger charge is 2.50. The van der Waals surface area contributed by atoms with E-state index in [2.05, 4.69) is 83.1 Å². The molecule has 6 aromatic rings. The molecule has 0 spiro atoms. The van der Waals surface area contributed by atoms with E-state index in [0.717, 1.165) is 14.2 Å². The van der Waals surface area contributed by atoms with Gasteiger partial charge in [0, 0.05) is 45.9 Å². The summed E-state index contributed by atoms with van der Waals surface area (Å²) in [4.78, 5) is 56.8. The predicted octanol–water partition coefficient (Wildman–Crippen LogP) is 15.4. The molecule has 18 heteroatoms. The fourth-order valence-corrected chi connectivity index (χ4v) is 23.6. The molecular formula is C66H86O16Si2. The Morgan fingerprint density at radius 2 is 0.690 bits per heavy atom. The number of phenols is 2. The Hall–Kier alpha value is -7.45. The predicted molar refractivity (Wildman–Crippen MR) is 333 cm³/mol. The summed E-state index contributed by atoms with van der Waals surface area (Å²) in [6, 6.07) is 20.6. The number of hydrogen-bond acceptors (Lipinski definition) is 16. The lowest BCUT2D eigenvalue weighted by molar-refractivity contribution is 0.0331. The number of aromatic hydroxyl groups is 2. The largest absolute Gasteiger partial charge is 0.540 e. The average molecular weight is 1190 g/mol. The first kappa shape index (κ1) is 65.7.